The number of carbonyl (C=O) groups is 1. The molecule has 0 bridgehead atoms. The van der Waals surface area contributed by atoms with Crippen LogP contribution in [0.3, 0.4) is 0 Å². The van der Waals surface area contributed by atoms with Crippen molar-refractivity contribution in [2.45, 2.75) is 25.2 Å². The van der Waals surface area contributed by atoms with E-state index in [1.165, 1.54) is 12.1 Å². The van der Waals surface area contributed by atoms with Gasteiger partial charge in [-0.15, -0.1) is 0 Å². The highest BCUT2D eigenvalue weighted by Gasteiger charge is 2.36. The van der Waals surface area contributed by atoms with Crippen LogP contribution >= 0.6 is 0 Å². The van der Waals surface area contributed by atoms with Gasteiger partial charge in [0, 0.05) is 12.2 Å². The molecule has 5 nitrogen and oxygen atoms in total. The van der Waals surface area contributed by atoms with E-state index < -0.39 is 15.3 Å². The molecule has 1 unspecified atom stereocenters. The van der Waals surface area contributed by atoms with Crippen molar-refractivity contribution in [1.82, 2.24) is 5.32 Å². The van der Waals surface area contributed by atoms with Gasteiger partial charge in [0.2, 0.25) is 5.91 Å². The molecule has 110 valence electrons. The molecule has 1 saturated heterocycles. The molecule has 1 heterocycles. The second-order valence-corrected chi connectivity index (χ2v) is 7.65. The first-order valence-electron chi connectivity index (χ1n) is 6.72. The lowest BCUT2D eigenvalue weighted by atomic mass is 9.89. The summed E-state index contributed by atoms with van der Waals surface area (Å²) in [5, 5.41) is 6.02. The smallest absolute Gasteiger partial charge is 0.231 e. The number of carbonyl (C=O) groups excluding carboxylic acids is 1. The molecule has 0 saturated carbocycles. The van der Waals surface area contributed by atoms with E-state index in [1.54, 1.807) is 19.1 Å². The Balaban J connectivity index is 2.10. The van der Waals surface area contributed by atoms with Gasteiger partial charge in [0.1, 0.15) is 0 Å². The normalized spacial score (nSPS) is 22.7. The molecule has 0 spiro atoms. The number of nitrogens with one attached hydrogen (secondary N) is 2. The summed E-state index contributed by atoms with van der Waals surface area (Å²) in [5.41, 5.74) is 0.229. The Morgan fingerprint density at radius 2 is 2.00 bits per heavy atom. The summed E-state index contributed by atoms with van der Waals surface area (Å²) in [4.78, 5) is 12.5. The van der Waals surface area contributed by atoms with Gasteiger partial charge in [-0.3, -0.25) is 4.79 Å². The van der Waals surface area contributed by atoms with E-state index in [-0.39, 0.29) is 16.6 Å². The molecule has 2 N–H and O–H groups in total. The van der Waals surface area contributed by atoms with Crippen LogP contribution in [0.15, 0.2) is 29.2 Å². The van der Waals surface area contributed by atoms with E-state index in [0.29, 0.717) is 12.2 Å². The standard InChI is InChI=1S/C14H20N2O3S/c1-3-20(18,19)12-6-4-11(5-7-12)16-13(17)14(2)8-9-15-10-14/h4-7,15H,3,8-10H2,1-2H3,(H,16,17). The van der Waals surface area contributed by atoms with Crippen LogP contribution in [-0.2, 0) is 14.6 Å². The zero-order valence-corrected chi connectivity index (χ0v) is 12.6. The minimum Gasteiger partial charge on any atom is -0.326 e. The summed E-state index contributed by atoms with van der Waals surface area (Å²) in [6.45, 7) is 5.05. The molecule has 2 rings (SSSR count). The molecular formula is C14H20N2O3S. The number of benzene rings is 1. The van der Waals surface area contributed by atoms with Crippen LogP contribution < -0.4 is 10.6 Å². The highest BCUT2D eigenvalue weighted by Crippen LogP contribution is 2.26. The molecule has 0 aliphatic carbocycles. The Hall–Kier alpha value is -1.40. The fraction of sp³-hybridized carbons (Fsp3) is 0.500. The van der Waals surface area contributed by atoms with E-state index in [0.717, 1.165) is 13.0 Å². The van der Waals surface area contributed by atoms with Crippen molar-refractivity contribution < 1.29 is 13.2 Å². The average molecular weight is 296 g/mol. The van der Waals surface area contributed by atoms with Crippen LogP contribution in [0.5, 0.6) is 0 Å². The van der Waals surface area contributed by atoms with Gasteiger partial charge in [-0.2, -0.15) is 0 Å². The zero-order chi connectivity index (χ0) is 14.8. The molecule has 0 radical (unpaired) electrons. The molecule has 1 aliphatic rings. The first-order valence-corrected chi connectivity index (χ1v) is 8.38. The molecule has 6 heteroatoms. The van der Waals surface area contributed by atoms with Gasteiger partial charge in [0.15, 0.2) is 9.84 Å². The second kappa shape index (κ2) is 5.54. The summed E-state index contributed by atoms with van der Waals surface area (Å²) in [6, 6.07) is 6.33. The summed E-state index contributed by atoms with van der Waals surface area (Å²) in [5.74, 6) is 0.0382. The highest BCUT2D eigenvalue weighted by atomic mass is 32.2. The third-order valence-electron chi connectivity index (χ3n) is 3.77. The Kier molecular flexibility index (Phi) is 4.15. The maximum atomic E-state index is 12.2. The molecule has 1 fully saturated rings. The minimum absolute atomic E-state index is 0.0337. The fourth-order valence-electron chi connectivity index (χ4n) is 2.21. The van der Waals surface area contributed by atoms with E-state index in [2.05, 4.69) is 10.6 Å². The molecule has 1 aliphatic heterocycles. The maximum absolute atomic E-state index is 12.2. The third-order valence-corrected chi connectivity index (χ3v) is 5.52. The predicted octanol–water partition coefficient (Wildman–Crippen LogP) is 1.42. The van der Waals surface area contributed by atoms with Gasteiger partial charge in [-0.05, 0) is 44.2 Å². The molecule has 1 atom stereocenters. The zero-order valence-electron chi connectivity index (χ0n) is 11.8. The van der Waals surface area contributed by atoms with Crippen LogP contribution in [-0.4, -0.2) is 33.2 Å². The van der Waals surface area contributed by atoms with Gasteiger partial charge in [0.05, 0.1) is 16.1 Å². The van der Waals surface area contributed by atoms with Gasteiger partial charge in [-0.1, -0.05) is 6.92 Å². The lowest BCUT2D eigenvalue weighted by molar-refractivity contribution is -0.123. The molecular weight excluding hydrogens is 276 g/mol. The third kappa shape index (κ3) is 3.02. The van der Waals surface area contributed by atoms with Crippen molar-refractivity contribution in [2.75, 3.05) is 24.2 Å². The Morgan fingerprint density at radius 3 is 2.50 bits per heavy atom. The number of hydrogen-bond acceptors (Lipinski definition) is 4. The molecule has 1 aromatic rings. The summed E-state index contributed by atoms with van der Waals surface area (Å²) < 4.78 is 23.4. The Morgan fingerprint density at radius 1 is 1.35 bits per heavy atom. The lowest BCUT2D eigenvalue weighted by Crippen LogP contribution is -2.35. The van der Waals surface area contributed by atoms with Crippen LogP contribution in [0.4, 0.5) is 5.69 Å². The monoisotopic (exact) mass is 296 g/mol. The summed E-state index contributed by atoms with van der Waals surface area (Å²) >= 11 is 0. The van der Waals surface area contributed by atoms with Crippen molar-refractivity contribution >= 4 is 21.4 Å². The van der Waals surface area contributed by atoms with Gasteiger partial charge >= 0.3 is 0 Å². The van der Waals surface area contributed by atoms with E-state index in [9.17, 15) is 13.2 Å². The first-order chi connectivity index (χ1) is 9.37. The van der Waals surface area contributed by atoms with Crippen molar-refractivity contribution in [2.24, 2.45) is 5.41 Å². The van der Waals surface area contributed by atoms with Crippen molar-refractivity contribution in [1.29, 1.82) is 0 Å². The minimum atomic E-state index is -3.19. The number of amides is 1. The van der Waals surface area contributed by atoms with E-state index >= 15 is 0 Å². The van der Waals surface area contributed by atoms with Crippen molar-refractivity contribution in [3.63, 3.8) is 0 Å². The summed E-state index contributed by atoms with van der Waals surface area (Å²) in [6.07, 6.45) is 0.807. The molecule has 1 amide bonds. The van der Waals surface area contributed by atoms with Gasteiger partial charge in [-0.25, -0.2) is 8.42 Å². The SMILES string of the molecule is CCS(=O)(=O)c1ccc(NC(=O)C2(C)CCNC2)cc1. The Bertz CT molecular complexity index is 587. The highest BCUT2D eigenvalue weighted by molar-refractivity contribution is 7.91. The van der Waals surface area contributed by atoms with Crippen LogP contribution in [0.2, 0.25) is 0 Å². The van der Waals surface area contributed by atoms with E-state index in [1.807, 2.05) is 6.92 Å². The number of rotatable bonds is 4. The van der Waals surface area contributed by atoms with Crippen LogP contribution in [0.1, 0.15) is 20.3 Å². The van der Waals surface area contributed by atoms with Crippen LogP contribution in [0.25, 0.3) is 0 Å². The lowest BCUT2D eigenvalue weighted by Gasteiger charge is -2.21. The van der Waals surface area contributed by atoms with Gasteiger partial charge in [0.25, 0.3) is 0 Å². The maximum Gasteiger partial charge on any atom is 0.231 e. The van der Waals surface area contributed by atoms with E-state index in [4.69, 9.17) is 0 Å². The van der Waals surface area contributed by atoms with Crippen LogP contribution in [0, 0.1) is 5.41 Å². The number of sulfone groups is 1. The molecule has 20 heavy (non-hydrogen) atoms. The quantitative estimate of drug-likeness (QED) is 0.881. The van der Waals surface area contributed by atoms with Gasteiger partial charge < -0.3 is 10.6 Å². The average Bonchev–Trinajstić information content (AvgIpc) is 2.88. The second-order valence-electron chi connectivity index (χ2n) is 5.37. The molecule has 1 aromatic carbocycles. The van der Waals surface area contributed by atoms with Crippen molar-refractivity contribution in [3.8, 4) is 0 Å². The Labute approximate surface area is 119 Å². The predicted molar refractivity (Wildman–Crippen MR) is 78.4 cm³/mol. The first kappa shape index (κ1) is 15.0. The number of anilines is 1. The van der Waals surface area contributed by atoms with Crippen molar-refractivity contribution in [3.05, 3.63) is 24.3 Å². The number of hydrogen-bond donors (Lipinski definition) is 2. The largest absolute Gasteiger partial charge is 0.326 e. The topological polar surface area (TPSA) is 75.3 Å². The summed E-state index contributed by atoms with van der Waals surface area (Å²) in [7, 11) is -3.19. The molecule has 0 aromatic heterocycles. The fourth-order valence-corrected chi connectivity index (χ4v) is 3.09.